The van der Waals surface area contributed by atoms with Crippen LogP contribution in [0.15, 0.2) is 24.3 Å². The first-order chi connectivity index (χ1) is 10.8. The molecule has 122 valence electrons. The first-order valence-corrected chi connectivity index (χ1v) is 7.13. The highest BCUT2D eigenvalue weighted by Gasteiger charge is 2.26. The van der Waals surface area contributed by atoms with Crippen LogP contribution in [-0.4, -0.2) is 46.4 Å². The van der Waals surface area contributed by atoms with Gasteiger partial charge in [-0.25, -0.2) is 5.01 Å². The van der Waals surface area contributed by atoms with Gasteiger partial charge in [0.2, 0.25) is 0 Å². The van der Waals surface area contributed by atoms with Crippen LogP contribution in [0, 0.1) is 0 Å². The largest absolute Gasteiger partial charge is 0.481 e. The van der Waals surface area contributed by atoms with Gasteiger partial charge < -0.3 is 9.67 Å². The van der Waals surface area contributed by atoms with Gasteiger partial charge in [-0.15, -0.1) is 0 Å². The molecule has 0 aliphatic heterocycles. The number of carboxylic acid groups (broad SMARTS) is 1. The Bertz CT molecular complexity index is 777. The quantitative estimate of drug-likeness (QED) is 0.621. The van der Waals surface area contributed by atoms with Gasteiger partial charge in [-0.3, -0.25) is 19.8 Å². The number of hydrazine groups is 1. The molecule has 0 unspecified atom stereocenters. The number of hydrogen-bond donors (Lipinski definition) is 2. The van der Waals surface area contributed by atoms with Crippen LogP contribution in [0.25, 0.3) is 10.9 Å². The molecule has 1 aromatic heterocycles. The van der Waals surface area contributed by atoms with Crippen LogP contribution in [0.3, 0.4) is 0 Å². The van der Waals surface area contributed by atoms with Gasteiger partial charge >= 0.3 is 5.97 Å². The maximum absolute atomic E-state index is 12.5. The van der Waals surface area contributed by atoms with Crippen LogP contribution >= 0.6 is 0 Å². The summed E-state index contributed by atoms with van der Waals surface area (Å²) in [6.07, 6.45) is -0.414. The van der Waals surface area contributed by atoms with E-state index in [0.717, 1.165) is 5.52 Å². The number of para-hydroxylation sites is 1. The van der Waals surface area contributed by atoms with Crippen LogP contribution in [0.4, 0.5) is 0 Å². The number of aryl methyl sites for hydroxylation is 1. The molecule has 0 spiro atoms. The minimum absolute atomic E-state index is 0.147. The Morgan fingerprint density at radius 2 is 1.83 bits per heavy atom. The van der Waals surface area contributed by atoms with E-state index in [1.54, 1.807) is 37.8 Å². The lowest BCUT2D eigenvalue weighted by molar-refractivity contribution is -0.136. The number of carbonyl (C=O) groups is 3. The predicted octanol–water partition coefficient (Wildman–Crippen LogP) is 1.43. The summed E-state index contributed by atoms with van der Waals surface area (Å²) in [5.74, 6) is -1.81. The lowest BCUT2D eigenvalue weighted by atomic mass is 10.0. The first kappa shape index (κ1) is 16.7. The van der Waals surface area contributed by atoms with Crippen molar-refractivity contribution in [3.63, 3.8) is 0 Å². The molecular formula is C16H19N3O4. The number of benzene rings is 1. The summed E-state index contributed by atoms with van der Waals surface area (Å²) in [6.45, 7) is 0. The number of Topliss-reactive ketones (excluding diaryl/α,β-unsaturated/α-hetero) is 1. The molecule has 0 radical (unpaired) electrons. The van der Waals surface area contributed by atoms with E-state index in [2.05, 4.69) is 5.43 Å². The Balaban J connectivity index is 2.57. The minimum Gasteiger partial charge on any atom is -0.481 e. The number of ketones is 1. The maximum atomic E-state index is 12.5. The van der Waals surface area contributed by atoms with E-state index in [1.807, 2.05) is 12.1 Å². The molecule has 23 heavy (non-hydrogen) atoms. The van der Waals surface area contributed by atoms with Crippen LogP contribution < -0.4 is 5.43 Å². The number of nitrogens with zero attached hydrogens (tertiary/aromatic N) is 2. The monoisotopic (exact) mass is 317 g/mol. The van der Waals surface area contributed by atoms with Crippen molar-refractivity contribution in [2.75, 3.05) is 14.1 Å². The van der Waals surface area contributed by atoms with E-state index in [4.69, 9.17) is 5.11 Å². The fourth-order valence-electron chi connectivity index (χ4n) is 2.54. The van der Waals surface area contributed by atoms with E-state index < -0.39 is 11.9 Å². The summed E-state index contributed by atoms with van der Waals surface area (Å²) in [6, 6.07) is 7.18. The topological polar surface area (TPSA) is 91.6 Å². The molecule has 0 fully saturated rings. The number of carbonyl (C=O) groups excluding carboxylic acids is 2. The van der Waals surface area contributed by atoms with Crippen molar-refractivity contribution >= 4 is 28.6 Å². The summed E-state index contributed by atoms with van der Waals surface area (Å²) in [5, 5.41) is 10.9. The normalized spacial score (nSPS) is 11.0. The fourth-order valence-corrected chi connectivity index (χ4v) is 2.54. The van der Waals surface area contributed by atoms with E-state index in [9.17, 15) is 14.4 Å². The number of rotatable bonds is 6. The first-order valence-electron chi connectivity index (χ1n) is 7.13. The van der Waals surface area contributed by atoms with Gasteiger partial charge in [0.05, 0.1) is 12.0 Å². The van der Waals surface area contributed by atoms with Crippen LogP contribution in [0.2, 0.25) is 0 Å². The van der Waals surface area contributed by atoms with Crippen molar-refractivity contribution in [3.8, 4) is 0 Å². The summed E-state index contributed by atoms with van der Waals surface area (Å²) < 4.78 is 1.65. The van der Waals surface area contributed by atoms with Gasteiger partial charge in [-0.05, 0) is 6.07 Å². The average Bonchev–Trinajstić information content (AvgIpc) is 2.78. The second-order valence-corrected chi connectivity index (χ2v) is 5.45. The lowest BCUT2D eigenvalue weighted by Crippen LogP contribution is -2.37. The van der Waals surface area contributed by atoms with E-state index in [1.165, 1.54) is 5.01 Å². The molecule has 1 amide bonds. The molecule has 2 rings (SSSR count). The second-order valence-electron chi connectivity index (χ2n) is 5.45. The summed E-state index contributed by atoms with van der Waals surface area (Å²) in [4.78, 5) is 35.7. The fraction of sp³-hybridized carbons (Fsp3) is 0.312. The Hall–Kier alpha value is -2.67. The molecule has 1 aromatic carbocycles. The third-order valence-electron chi connectivity index (χ3n) is 3.49. The highest BCUT2D eigenvalue weighted by molar-refractivity contribution is 6.16. The Morgan fingerprint density at radius 1 is 1.17 bits per heavy atom. The molecular weight excluding hydrogens is 298 g/mol. The zero-order valence-corrected chi connectivity index (χ0v) is 13.3. The molecule has 0 saturated heterocycles. The van der Waals surface area contributed by atoms with Gasteiger partial charge in [0.25, 0.3) is 5.91 Å². The van der Waals surface area contributed by atoms with Crippen molar-refractivity contribution in [2.24, 2.45) is 7.05 Å². The molecule has 1 heterocycles. The Labute approximate surface area is 133 Å². The van der Waals surface area contributed by atoms with Gasteiger partial charge in [0, 0.05) is 38.5 Å². The third-order valence-corrected chi connectivity index (χ3v) is 3.49. The predicted molar refractivity (Wildman–Crippen MR) is 85.3 cm³/mol. The van der Waals surface area contributed by atoms with Crippen molar-refractivity contribution < 1.29 is 19.5 Å². The van der Waals surface area contributed by atoms with Crippen LogP contribution in [0.1, 0.15) is 33.7 Å². The molecule has 2 aromatic rings. The number of fused-ring (bicyclic) bond motifs is 1. The molecule has 0 saturated carbocycles. The van der Waals surface area contributed by atoms with Crippen molar-refractivity contribution in [3.05, 3.63) is 35.5 Å². The molecule has 0 atom stereocenters. The summed E-state index contributed by atoms with van der Waals surface area (Å²) in [7, 11) is 5.06. The lowest BCUT2D eigenvalue weighted by Gasteiger charge is -2.13. The number of carboxylic acids is 1. The van der Waals surface area contributed by atoms with E-state index in [0.29, 0.717) is 5.39 Å². The van der Waals surface area contributed by atoms with Crippen molar-refractivity contribution in [1.82, 2.24) is 15.0 Å². The van der Waals surface area contributed by atoms with Gasteiger partial charge in [-0.1, -0.05) is 18.2 Å². The second kappa shape index (κ2) is 6.62. The van der Waals surface area contributed by atoms with Gasteiger partial charge in [0.15, 0.2) is 5.78 Å². The highest BCUT2D eigenvalue weighted by atomic mass is 16.4. The molecule has 7 heteroatoms. The van der Waals surface area contributed by atoms with E-state index in [-0.39, 0.29) is 29.9 Å². The number of amides is 1. The Morgan fingerprint density at radius 3 is 2.43 bits per heavy atom. The smallest absolute Gasteiger partial charge is 0.303 e. The number of aromatic nitrogens is 1. The summed E-state index contributed by atoms with van der Waals surface area (Å²) in [5.41, 5.74) is 3.87. The van der Waals surface area contributed by atoms with Crippen LogP contribution in [0.5, 0.6) is 0 Å². The molecule has 0 aliphatic carbocycles. The van der Waals surface area contributed by atoms with Crippen molar-refractivity contribution in [2.45, 2.75) is 12.8 Å². The molecule has 0 bridgehead atoms. The van der Waals surface area contributed by atoms with Crippen LogP contribution in [-0.2, 0) is 11.8 Å². The highest BCUT2D eigenvalue weighted by Crippen LogP contribution is 2.27. The zero-order valence-electron chi connectivity index (χ0n) is 13.3. The molecule has 2 N–H and O–H groups in total. The van der Waals surface area contributed by atoms with Gasteiger partial charge in [-0.2, -0.15) is 0 Å². The minimum atomic E-state index is -1.04. The molecule has 0 aliphatic rings. The SMILES string of the molecule is CN(C)NC(=O)c1c(C(=O)CCC(=O)O)c2ccccc2n1C. The Kier molecular flexibility index (Phi) is 4.80. The third kappa shape index (κ3) is 3.40. The number of hydrogen-bond acceptors (Lipinski definition) is 4. The zero-order chi connectivity index (χ0) is 17.1. The van der Waals surface area contributed by atoms with E-state index >= 15 is 0 Å². The average molecular weight is 317 g/mol. The summed E-state index contributed by atoms with van der Waals surface area (Å²) >= 11 is 0. The molecule has 7 nitrogen and oxygen atoms in total. The van der Waals surface area contributed by atoms with Crippen molar-refractivity contribution in [1.29, 1.82) is 0 Å². The number of nitrogens with one attached hydrogen (secondary N) is 1. The maximum Gasteiger partial charge on any atom is 0.303 e. The standard InChI is InChI=1S/C16H19N3O4/c1-18(2)17-16(23)15-14(12(20)8-9-13(21)22)10-6-4-5-7-11(10)19(15)3/h4-7H,8-9H2,1-3H3,(H,17,23)(H,21,22). The van der Waals surface area contributed by atoms with Gasteiger partial charge in [0.1, 0.15) is 5.69 Å². The number of aliphatic carboxylic acids is 1.